The first kappa shape index (κ1) is 11.2. The van der Waals surface area contributed by atoms with Gasteiger partial charge >= 0.3 is 0 Å². The summed E-state index contributed by atoms with van der Waals surface area (Å²) in [6.45, 7) is 1.93. The van der Waals surface area contributed by atoms with Gasteiger partial charge in [0, 0.05) is 11.4 Å². The highest BCUT2D eigenvalue weighted by Crippen LogP contribution is 2.24. The number of hydrogen-bond donors (Lipinski definition) is 1. The van der Waals surface area contributed by atoms with Crippen LogP contribution in [0, 0.1) is 5.82 Å². The monoisotopic (exact) mass is 239 g/mol. The van der Waals surface area contributed by atoms with Gasteiger partial charge in [0.25, 0.3) is 0 Å². The molecule has 1 N–H and O–H groups in total. The lowest BCUT2D eigenvalue weighted by Crippen LogP contribution is -2.15. The van der Waals surface area contributed by atoms with Gasteiger partial charge in [-0.2, -0.15) is 0 Å². The molecule has 0 spiro atoms. The van der Waals surface area contributed by atoms with Crippen molar-refractivity contribution in [1.82, 2.24) is 15.3 Å². The van der Waals surface area contributed by atoms with E-state index in [1.807, 2.05) is 14.0 Å². The molecule has 1 heterocycles. The summed E-state index contributed by atoms with van der Waals surface area (Å²) in [5.74, 6) is -0.383. The Labute approximate surface area is 97.7 Å². The second-order valence-corrected chi connectivity index (χ2v) is 3.86. The minimum Gasteiger partial charge on any atom is -0.312 e. The van der Waals surface area contributed by atoms with Gasteiger partial charge in [0.2, 0.25) is 5.28 Å². The maximum Gasteiger partial charge on any atom is 0.223 e. The number of fused-ring (bicyclic) bond motifs is 1. The zero-order valence-corrected chi connectivity index (χ0v) is 9.72. The molecule has 1 aromatic carbocycles. The van der Waals surface area contributed by atoms with Gasteiger partial charge in [-0.3, -0.25) is 0 Å². The Bertz CT molecular complexity index is 530. The van der Waals surface area contributed by atoms with Gasteiger partial charge in [-0.25, -0.2) is 14.4 Å². The lowest BCUT2D eigenvalue weighted by Gasteiger charge is -2.12. The number of nitrogens with one attached hydrogen (secondary N) is 1. The highest BCUT2D eigenvalue weighted by molar-refractivity contribution is 6.28. The second-order valence-electron chi connectivity index (χ2n) is 3.52. The number of benzene rings is 1. The summed E-state index contributed by atoms with van der Waals surface area (Å²) >= 11 is 5.78. The summed E-state index contributed by atoms with van der Waals surface area (Å²) in [5.41, 5.74) is 0.969. The highest BCUT2D eigenvalue weighted by atomic mass is 35.5. The summed E-state index contributed by atoms with van der Waals surface area (Å²) in [6, 6.07) is 4.78. The zero-order chi connectivity index (χ0) is 11.7. The molecule has 1 unspecified atom stereocenters. The van der Waals surface area contributed by atoms with Crippen molar-refractivity contribution >= 4 is 22.5 Å². The third kappa shape index (κ3) is 1.86. The number of rotatable bonds is 2. The van der Waals surface area contributed by atoms with Crippen molar-refractivity contribution in [3.8, 4) is 0 Å². The van der Waals surface area contributed by atoms with Crippen LogP contribution < -0.4 is 5.32 Å². The summed E-state index contributed by atoms with van der Waals surface area (Å²) in [6.07, 6.45) is 0. The minimum atomic E-state index is -0.383. The molecule has 0 radical (unpaired) electrons. The summed E-state index contributed by atoms with van der Waals surface area (Å²) in [7, 11) is 1.81. The largest absolute Gasteiger partial charge is 0.312 e. The first-order valence-electron chi connectivity index (χ1n) is 4.92. The molecular weight excluding hydrogens is 229 g/mol. The Morgan fingerprint density at radius 1 is 1.38 bits per heavy atom. The molecule has 1 atom stereocenters. The van der Waals surface area contributed by atoms with E-state index in [1.54, 1.807) is 12.1 Å². The molecule has 5 heteroatoms. The SMILES string of the molecule is CNC(C)c1nc(Cl)nc2c(F)cccc12. The fraction of sp³-hybridized carbons (Fsp3) is 0.273. The average Bonchev–Trinajstić information content (AvgIpc) is 2.28. The van der Waals surface area contributed by atoms with E-state index in [9.17, 15) is 4.39 Å². The number of hydrogen-bond acceptors (Lipinski definition) is 3. The second kappa shape index (κ2) is 4.31. The topological polar surface area (TPSA) is 37.8 Å². The third-order valence-corrected chi connectivity index (χ3v) is 2.69. The maximum atomic E-state index is 13.5. The Morgan fingerprint density at radius 2 is 2.12 bits per heavy atom. The molecule has 0 bridgehead atoms. The molecule has 0 aliphatic rings. The van der Waals surface area contributed by atoms with Crippen molar-refractivity contribution < 1.29 is 4.39 Å². The molecule has 0 fully saturated rings. The van der Waals surface area contributed by atoms with Crippen LogP contribution in [0.1, 0.15) is 18.7 Å². The Balaban J connectivity index is 2.78. The summed E-state index contributed by atoms with van der Waals surface area (Å²) in [5, 5.41) is 3.80. The lowest BCUT2D eigenvalue weighted by molar-refractivity contribution is 0.627. The van der Waals surface area contributed by atoms with Crippen molar-refractivity contribution in [3.63, 3.8) is 0 Å². The van der Waals surface area contributed by atoms with Crippen molar-refractivity contribution in [2.24, 2.45) is 0 Å². The fourth-order valence-corrected chi connectivity index (χ4v) is 1.75. The molecule has 84 valence electrons. The van der Waals surface area contributed by atoms with E-state index >= 15 is 0 Å². The molecule has 0 aliphatic carbocycles. The van der Waals surface area contributed by atoms with Crippen LogP contribution in [0.5, 0.6) is 0 Å². The Morgan fingerprint density at radius 3 is 2.81 bits per heavy atom. The number of aromatic nitrogens is 2. The van der Waals surface area contributed by atoms with Crippen molar-refractivity contribution in [3.05, 3.63) is 35.0 Å². The molecular formula is C11H11ClFN3. The van der Waals surface area contributed by atoms with E-state index in [2.05, 4.69) is 15.3 Å². The number of para-hydroxylation sites is 1. The van der Waals surface area contributed by atoms with Crippen molar-refractivity contribution in [2.45, 2.75) is 13.0 Å². The number of halogens is 2. The molecule has 0 aliphatic heterocycles. The lowest BCUT2D eigenvalue weighted by atomic mass is 10.1. The predicted octanol–water partition coefficient (Wildman–Crippen LogP) is 2.70. The highest BCUT2D eigenvalue weighted by Gasteiger charge is 2.13. The van der Waals surface area contributed by atoms with Crippen LogP contribution in [-0.4, -0.2) is 17.0 Å². The van der Waals surface area contributed by atoms with Crippen LogP contribution >= 0.6 is 11.6 Å². The standard InChI is InChI=1S/C11H11ClFN3/c1-6(14-2)9-7-4-3-5-8(13)10(7)16-11(12)15-9/h3-6,14H,1-2H3. The minimum absolute atomic E-state index is 0.00944. The number of nitrogens with zero attached hydrogens (tertiary/aromatic N) is 2. The van der Waals surface area contributed by atoms with E-state index in [4.69, 9.17) is 11.6 Å². The third-order valence-electron chi connectivity index (χ3n) is 2.52. The summed E-state index contributed by atoms with van der Waals surface area (Å²) in [4.78, 5) is 8.04. The normalized spacial score (nSPS) is 13.0. The van der Waals surface area contributed by atoms with Gasteiger partial charge in [0.1, 0.15) is 11.3 Å². The van der Waals surface area contributed by atoms with Crippen molar-refractivity contribution in [1.29, 1.82) is 0 Å². The van der Waals surface area contributed by atoms with Gasteiger partial charge in [-0.05, 0) is 31.6 Å². The van der Waals surface area contributed by atoms with E-state index in [0.29, 0.717) is 11.1 Å². The van der Waals surface area contributed by atoms with Crippen LogP contribution in [-0.2, 0) is 0 Å². The molecule has 0 saturated heterocycles. The summed E-state index contributed by atoms with van der Waals surface area (Å²) < 4.78 is 13.5. The van der Waals surface area contributed by atoms with Crippen LogP contribution in [0.15, 0.2) is 18.2 Å². The Kier molecular flexibility index (Phi) is 3.03. The molecule has 1 aromatic heterocycles. The molecule has 0 saturated carbocycles. The van der Waals surface area contributed by atoms with Crippen molar-refractivity contribution in [2.75, 3.05) is 7.05 Å². The average molecular weight is 240 g/mol. The molecule has 2 aromatic rings. The van der Waals surface area contributed by atoms with E-state index < -0.39 is 0 Å². The van der Waals surface area contributed by atoms with Crippen LogP contribution in [0.2, 0.25) is 5.28 Å². The van der Waals surface area contributed by atoms with E-state index in [1.165, 1.54) is 6.07 Å². The smallest absolute Gasteiger partial charge is 0.223 e. The van der Waals surface area contributed by atoms with E-state index in [-0.39, 0.29) is 22.7 Å². The first-order valence-corrected chi connectivity index (χ1v) is 5.30. The maximum absolute atomic E-state index is 13.5. The van der Waals surface area contributed by atoms with Gasteiger partial charge in [0.15, 0.2) is 0 Å². The molecule has 0 amide bonds. The van der Waals surface area contributed by atoms with Gasteiger partial charge < -0.3 is 5.32 Å². The van der Waals surface area contributed by atoms with Gasteiger partial charge in [-0.1, -0.05) is 12.1 Å². The van der Waals surface area contributed by atoms with Gasteiger partial charge in [-0.15, -0.1) is 0 Å². The predicted molar refractivity (Wildman–Crippen MR) is 62.0 cm³/mol. The van der Waals surface area contributed by atoms with Crippen LogP contribution in [0.3, 0.4) is 0 Å². The quantitative estimate of drug-likeness (QED) is 0.819. The molecule has 3 nitrogen and oxygen atoms in total. The van der Waals surface area contributed by atoms with E-state index in [0.717, 1.165) is 0 Å². The molecule has 16 heavy (non-hydrogen) atoms. The zero-order valence-electron chi connectivity index (χ0n) is 8.96. The first-order chi connectivity index (χ1) is 7.63. The van der Waals surface area contributed by atoms with Gasteiger partial charge in [0.05, 0.1) is 5.69 Å². The Hall–Kier alpha value is -1.26. The van der Waals surface area contributed by atoms with Crippen LogP contribution in [0.4, 0.5) is 4.39 Å². The van der Waals surface area contributed by atoms with Crippen LogP contribution in [0.25, 0.3) is 10.9 Å². The molecule has 2 rings (SSSR count). The fourth-order valence-electron chi connectivity index (χ4n) is 1.58.